The summed E-state index contributed by atoms with van der Waals surface area (Å²) in [5, 5.41) is 29.7. The second-order valence-corrected chi connectivity index (χ2v) is 21.2. The van der Waals surface area contributed by atoms with Crippen LogP contribution in [-0.4, -0.2) is 65.5 Å². The molecule has 3 aliphatic heterocycles. The van der Waals surface area contributed by atoms with E-state index >= 15 is 0 Å². The van der Waals surface area contributed by atoms with Gasteiger partial charge in [0.05, 0.1) is 53.0 Å². The summed E-state index contributed by atoms with van der Waals surface area (Å²) in [4.78, 5) is 88.9. The first kappa shape index (κ1) is 40.1. The minimum atomic E-state index is -0.343. The standard InChI is InChI=1S/C60H39N3O9/c64-28-7-1-25(2-8-28)22-61-55(67)43-13-31-32(14-44(43)56(61)68)38-19-37(31)49-50(38)52-40-21-42(36-18-48-46(16-34(36)40)58(70)63(60(48)72)24-27-5-11-30(66)12-6-27)54(52)53-41-20-39(51(49)53)33-15-45-47(17-35(33)41)59(71)62(57(45)69)23-26-3-9-29(65)10-4-26/h1-18,37-42,64-66H,19-24H2/t37-,38+,39+,40-,41-,42+. The molecule has 0 unspecified atom stereocenters. The van der Waals surface area contributed by atoms with Crippen molar-refractivity contribution < 1.29 is 44.1 Å². The Bertz CT molecular complexity index is 3270. The second kappa shape index (κ2) is 13.4. The van der Waals surface area contributed by atoms with Crippen molar-refractivity contribution in [1.82, 2.24) is 14.7 Å². The predicted molar refractivity (Wildman–Crippen MR) is 258 cm³/mol. The maximum atomic E-state index is 14.2. The van der Waals surface area contributed by atoms with E-state index in [4.69, 9.17) is 0 Å². The third-order valence-electron chi connectivity index (χ3n) is 17.9. The van der Waals surface area contributed by atoms with Crippen LogP contribution in [0.1, 0.15) is 200 Å². The highest BCUT2D eigenvalue weighted by atomic mass is 16.3. The minimum absolute atomic E-state index is 0.0501. The molecule has 72 heavy (non-hydrogen) atoms. The van der Waals surface area contributed by atoms with Crippen molar-refractivity contribution in [2.24, 2.45) is 0 Å². The molecule has 6 bridgehead atoms. The first-order valence-corrected chi connectivity index (χ1v) is 24.6. The molecule has 0 saturated carbocycles. The minimum Gasteiger partial charge on any atom is -0.508 e. The van der Waals surface area contributed by atoms with Gasteiger partial charge in [-0.1, -0.05) is 36.4 Å². The van der Waals surface area contributed by atoms with E-state index in [1.807, 2.05) is 36.4 Å². The lowest BCUT2D eigenvalue weighted by Crippen LogP contribution is -2.29. The van der Waals surface area contributed by atoms with Crippen molar-refractivity contribution >= 4 is 35.4 Å². The lowest BCUT2D eigenvalue weighted by atomic mass is 9.68. The summed E-state index contributed by atoms with van der Waals surface area (Å²) in [5.74, 6) is -2.06. The number of carbonyl (C=O) groups is 6. The molecule has 7 aromatic carbocycles. The maximum Gasteiger partial charge on any atom is 0.261 e. The molecule has 348 valence electrons. The van der Waals surface area contributed by atoms with Crippen LogP contribution < -0.4 is 0 Å². The Morgan fingerprint density at radius 2 is 0.486 bits per heavy atom. The normalized spacial score (nSPS) is 23.2. The van der Waals surface area contributed by atoms with Crippen LogP contribution in [0.15, 0.2) is 109 Å². The number of nitrogens with zero attached hydrogens (tertiary/aromatic N) is 3. The van der Waals surface area contributed by atoms with Crippen molar-refractivity contribution in [2.45, 2.75) is 74.4 Å². The fourth-order valence-corrected chi connectivity index (χ4v) is 14.9. The van der Waals surface area contributed by atoms with Gasteiger partial charge in [0, 0.05) is 35.5 Å². The van der Waals surface area contributed by atoms with Crippen LogP contribution >= 0.6 is 0 Å². The average Bonchev–Trinajstić information content (AvgIpc) is 4.30. The van der Waals surface area contributed by atoms with E-state index in [1.54, 1.807) is 72.8 Å². The summed E-state index contributed by atoms with van der Waals surface area (Å²) in [6.45, 7) is 0.235. The molecule has 7 aromatic rings. The Kier molecular flexibility index (Phi) is 7.47. The highest BCUT2D eigenvalue weighted by Gasteiger charge is 2.58. The number of hydrogen-bond donors (Lipinski definition) is 3. The predicted octanol–water partition coefficient (Wildman–Crippen LogP) is 9.13. The summed E-state index contributed by atoms with van der Waals surface area (Å²) >= 11 is 0. The molecule has 16 rings (SSSR count). The summed E-state index contributed by atoms with van der Waals surface area (Å²) in [6.07, 6.45) is 2.37. The number of benzene rings is 7. The van der Waals surface area contributed by atoms with Gasteiger partial charge < -0.3 is 15.3 Å². The zero-order valence-electron chi connectivity index (χ0n) is 38.2. The zero-order valence-corrected chi connectivity index (χ0v) is 38.2. The van der Waals surface area contributed by atoms with Gasteiger partial charge in [0.2, 0.25) is 0 Å². The van der Waals surface area contributed by atoms with Crippen LogP contribution in [0.3, 0.4) is 0 Å². The SMILES string of the molecule is O=C1c2cc3c(cc2C(=O)N1Cc1ccc(O)cc1)[C@@H]1C[C@H]3c2c1c1c(c3c2[C@H]2C[C@@H]3c3cc4c(cc32)C(=O)N(Cc2ccc(O)cc2)C4=O)[C@H]2C[C@@H]1c1cc3c(cc12)C(=O)N(Cc1ccc(O)cc1)C3=O. The fraction of sp³-hybridized carbons (Fsp3) is 0.200. The molecular formula is C60H39N3O9. The van der Waals surface area contributed by atoms with Gasteiger partial charge in [-0.15, -0.1) is 0 Å². The number of phenolic OH excluding ortho intramolecular Hbond substituents is 3. The van der Waals surface area contributed by atoms with Crippen molar-refractivity contribution in [2.75, 3.05) is 0 Å². The summed E-state index contributed by atoms with van der Waals surface area (Å²) < 4.78 is 0. The highest BCUT2D eigenvalue weighted by Crippen LogP contribution is 2.72. The van der Waals surface area contributed by atoms with Crippen molar-refractivity contribution in [3.8, 4) is 17.2 Å². The summed E-state index contributed by atoms with van der Waals surface area (Å²) in [6, 6.07) is 31.3. The van der Waals surface area contributed by atoms with Crippen molar-refractivity contribution in [1.29, 1.82) is 0 Å². The largest absolute Gasteiger partial charge is 0.508 e. The molecule has 0 radical (unpaired) electrons. The Morgan fingerprint density at radius 1 is 0.306 bits per heavy atom. The Labute approximate surface area is 410 Å². The van der Waals surface area contributed by atoms with E-state index in [1.165, 1.54) is 48.1 Å². The monoisotopic (exact) mass is 945 g/mol. The second-order valence-electron chi connectivity index (χ2n) is 21.2. The molecule has 0 aromatic heterocycles. The van der Waals surface area contributed by atoms with E-state index in [0.29, 0.717) is 33.4 Å². The molecule has 3 N–H and O–H groups in total. The lowest BCUT2D eigenvalue weighted by molar-refractivity contribution is 0.0627. The van der Waals surface area contributed by atoms with Crippen molar-refractivity contribution in [3.63, 3.8) is 0 Å². The summed E-state index contributed by atoms with van der Waals surface area (Å²) in [5.41, 5.74) is 18.5. The smallest absolute Gasteiger partial charge is 0.261 e. The van der Waals surface area contributed by atoms with Crippen LogP contribution in [-0.2, 0) is 19.6 Å². The van der Waals surface area contributed by atoms with Crippen molar-refractivity contribution in [3.05, 3.63) is 226 Å². The molecule has 6 atom stereocenters. The van der Waals surface area contributed by atoms with Gasteiger partial charge in [0.25, 0.3) is 35.4 Å². The Balaban J connectivity index is 0.835. The third-order valence-corrected chi connectivity index (χ3v) is 17.9. The van der Waals surface area contributed by atoms with Crippen LogP contribution in [0.25, 0.3) is 0 Å². The molecule has 12 heteroatoms. The Morgan fingerprint density at radius 3 is 0.667 bits per heavy atom. The van der Waals surface area contributed by atoms with E-state index in [2.05, 4.69) is 0 Å². The van der Waals surface area contributed by atoms with E-state index < -0.39 is 0 Å². The zero-order chi connectivity index (χ0) is 48.5. The molecule has 6 amide bonds. The highest BCUT2D eigenvalue weighted by molar-refractivity contribution is 6.23. The number of imide groups is 3. The van der Waals surface area contributed by atoms with Crippen LogP contribution in [0.4, 0.5) is 0 Å². The van der Waals surface area contributed by atoms with Crippen LogP contribution in [0.5, 0.6) is 17.2 Å². The molecule has 0 saturated heterocycles. The van der Waals surface area contributed by atoms with Gasteiger partial charge >= 0.3 is 0 Å². The van der Waals surface area contributed by atoms with Gasteiger partial charge in [-0.2, -0.15) is 0 Å². The number of phenols is 3. The number of rotatable bonds is 6. The van der Waals surface area contributed by atoms with Crippen LogP contribution in [0, 0.1) is 0 Å². The maximum absolute atomic E-state index is 14.2. The molecule has 0 spiro atoms. The first-order valence-electron chi connectivity index (χ1n) is 24.6. The quantitative estimate of drug-likeness (QED) is 0.138. The Hall–Kier alpha value is -8.64. The average molecular weight is 946 g/mol. The third kappa shape index (κ3) is 4.91. The molecule has 9 aliphatic rings. The van der Waals surface area contributed by atoms with Crippen LogP contribution in [0.2, 0.25) is 0 Å². The van der Waals surface area contributed by atoms with Gasteiger partial charge in [-0.3, -0.25) is 43.5 Å². The van der Waals surface area contributed by atoms with Gasteiger partial charge in [-0.25, -0.2) is 0 Å². The molecule has 6 aliphatic carbocycles. The van der Waals surface area contributed by atoms with E-state index in [9.17, 15) is 44.1 Å². The fourth-order valence-electron chi connectivity index (χ4n) is 14.9. The number of amides is 6. The van der Waals surface area contributed by atoms with E-state index in [0.717, 1.165) is 69.3 Å². The number of aromatic hydroxyl groups is 3. The van der Waals surface area contributed by atoms with Gasteiger partial charge in [0.1, 0.15) is 17.2 Å². The lowest BCUT2D eigenvalue weighted by Gasteiger charge is -2.35. The molecule has 12 nitrogen and oxygen atoms in total. The molecular weight excluding hydrogens is 907 g/mol. The van der Waals surface area contributed by atoms with Gasteiger partial charge in [0.15, 0.2) is 0 Å². The number of carbonyl (C=O) groups excluding carboxylic acids is 6. The first-order chi connectivity index (χ1) is 34.9. The molecule has 0 fully saturated rings. The number of fused-ring (bicyclic) bond motifs is 30. The topological polar surface area (TPSA) is 173 Å². The van der Waals surface area contributed by atoms with Gasteiger partial charge in [-0.05, 0) is 176 Å². The van der Waals surface area contributed by atoms with E-state index in [-0.39, 0.29) is 108 Å². The molecule has 3 heterocycles. The number of hydrogen-bond acceptors (Lipinski definition) is 9. The summed E-state index contributed by atoms with van der Waals surface area (Å²) in [7, 11) is 0.